The maximum atomic E-state index is 11.4. The molecule has 2 N–H and O–H groups in total. The van der Waals surface area contributed by atoms with Gasteiger partial charge in [-0.15, -0.1) is 0 Å². The average molecular weight is 191 g/mol. The van der Waals surface area contributed by atoms with E-state index in [1.54, 1.807) is 31.3 Å². The fraction of sp³-hybridized carbons (Fsp3) is 0.111. The lowest BCUT2D eigenvalue weighted by molar-refractivity contribution is 0.854. The quantitative estimate of drug-likeness (QED) is 0.659. The van der Waals surface area contributed by atoms with Gasteiger partial charge in [0, 0.05) is 7.05 Å². The van der Waals surface area contributed by atoms with Crippen molar-refractivity contribution >= 4 is 10.9 Å². The van der Waals surface area contributed by atoms with Crippen molar-refractivity contribution in [1.29, 1.82) is 0 Å². The number of hydrogen-bond acceptors (Lipinski definition) is 3. The van der Waals surface area contributed by atoms with Crippen LogP contribution in [0.15, 0.2) is 33.9 Å². The molecule has 0 fully saturated rings. The van der Waals surface area contributed by atoms with E-state index in [9.17, 15) is 9.59 Å². The number of aromatic amines is 1. The topological polar surface area (TPSA) is 66.9 Å². The maximum Gasteiger partial charge on any atom is 0.347 e. The third-order valence-electron chi connectivity index (χ3n) is 2.04. The van der Waals surface area contributed by atoms with Crippen molar-refractivity contribution in [2.75, 3.05) is 12.5 Å². The van der Waals surface area contributed by atoms with Gasteiger partial charge in [-0.05, 0) is 12.1 Å². The lowest BCUT2D eigenvalue weighted by Gasteiger charge is -2.06. The van der Waals surface area contributed by atoms with Crippen LogP contribution in [0.4, 0.5) is 0 Å². The van der Waals surface area contributed by atoms with Crippen molar-refractivity contribution in [3.63, 3.8) is 0 Å². The highest BCUT2D eigenvalue weighted by molar-refractivity contribution is 5.77. The first-order valence-corrected chi connectivity index (χ1v) is 4.16. The van der Waals surface area contributed by atoms with Gasteiger partial charge in [0.1, 0.15) is 0 Å². The van der Waals surface area contributed by atoms with Gasteiger partial charge in [-0.1, -0.05) is 12.1 Å². The van der Waals surface area contributed by atoms with Gasteiger partial charge in [-0.2, -0.15) is 0 Å². The zero-order chi connectivity index (χ0) is 10.1. The molecule has 0 aliphatic carbocycles. The number of benzene rings is 1. The molecule has 2 rings (SSSR count). The molecule has 0 spiro atoms. The molecular weight excluding hydrogens is 182 g/mol. The summed E-state index contributed by atoms with van der Waals surface area (Å²) in [5, 5.41) is 0.487. The minimum absolute atomic E-state index is 0.364. The van der Waals surface area contributed by atoms with Crippen LogP contribution in [-0.4, -0.2) is 16.7 Å². The molecule has 0 bridgehead atoms. The number of rotatable bonds is 1. The number of nitrogens with zero attached hydrogens (tertiary/aromatic N) is 1. The minimum atomic E-state index is -0.462. The van der Waals surface area contributed by atoms with E-state index in [1.165, 1.54) is 4.68 Å². The van der Waals surface area contributed by atoms with E-state index in [4.69, 9.17) is 0 Å². The van der Waals surface area contributed by atoms with Gasteiger partial charge in [0.2, 0.25) is 0 Å². The Morgan fingerprint density at radius 2 is 2.00 bits per heavy atom. The number of aromatic nitrogens is 2. The van der Waals surface area contributed by atoms with Crippen molar-refractivity contribution < 1.29 is 0 Å². The van der Waals surface area contributed by atoms with E-state index >= 15 is 0 Å². The van der Waals surface area contributed by atoms with Crippen LogP contribution in [0.1, 0.15) is 0 Å². The Kier molecular flexibility index (Phi) is 1.85. The summed E-state index contributed by atoms with van der Waals surface area (Å²) in [5.41, 5.74) is 2.45. The van der Waals surface area contributed by atoms with Crippen molar-refractivity contribution in [2.45, 2.75) is 0 Å². The van der Waals surface area contributed by atoms with E-state index in [0.717, 1.165) is 0 Å². The van der Waals surface area contributed by atoms with Gasteiger partial charge >= 0.3 is 5.69 Å². The van der Waals surface area contributed by atoms with Crippen LogP contribution < -0.4 is 16.7 Å². The average Bonchev–Trinajstić information content (AvgIpc) is 2.18. The predicted molar refractivity (Wildman–Crippen MR) is 54.1 cm³/mol. The fourth-order valence-corrected chi connectivity index (χ4v) is 1.41. The molecule has 1 aromatic carbocycles. The number of H-pyrrole nitrogens is 1. The summed E-state index contributed by atoms with van der Waals surface area (Å²) in [6.45, 7) is 0. The Morgan fingerprint density at radius 3 is 2.71 bits per heavy atom. The summed E-state index contributed by atoms with van der Waals surface area (Å²) < 4.78 is 1.29. The molecule has 0 atom stereocenters. The summed E-state index contributed by atoms with van der Waals surface area (Å²) in [6.07, 6.45) is 0. The molecule has 0 amide bonds. The summed E-state index contributed by atoms with van der Waals surface area (Å²) in [5.74, 6) is 0. The molecule has 1 heterocycles. The molecular formula is C9H9N3O2. The minimum Gasteiger partial charge on any atom is -0.325 e. The molecule has 0 aliphatic heterocycles. The Bertz CT molecular complexity index is 582. The smallest absolute Gasteiger partial charge is 0.325 e. The van der Waals surface area contributed by atoms with Gasteiger partial charge < -0.3 is 5.43 Å². The Morgan fingerprint density at radius 1 is 1.29 bits per heavy atom. The first-order valence-electron chi connectivity index (χ1n) is 4.16. The van der Waals surface area contributed by atoms with Crippen molar-refractivity contribution in [3.8, 4) is 0 Å². The Hall–Kier alpha value is -2.04. The molecule has 72 valence electrons. The van der Waals surface area contributed by atoms with Crippen LogP contribution in [0.25, 0.3) is 10.9 Å². The maximum absolute atomic E-state index is 11.4. The first-order chi connectivity index (χ1) is 6.74. The van der Waals surface area contributed by atoms with Crippen LogP contribution in [0, 0.1) is 0 Å². The normalized spacial score (nSPS) is 10.4. The SMILES string of the molecule is CNn1c(=O)[nH]c(=O)c2ccccc21. The van der Waals surface area contributed by atoms with Crippen LogP contribution >= 0.6 is 0 Å². The fourth-order valence-electron chi connectivity index (χ4n) is 1.41. The molecule has 5 nitrogen and oxygen atoms in total. The first kappa shape index (κ1) is 8.55. The second-order valence-electron chi connectivity index (χ2n) is 2.84. The van der Waals surface area contributed by atoms with E-state index in [-0.39, 0.29) is 5.56 Å². The van der Waals surface area contributed by atoms with E-state index in [0.29, 0.717) is 10.9 Å². The molecule has 1 aromatic heterocycles. The van der Waals surface area contributed by atoms with Crippen LogP contribution in [0.3, 0.4) is 0 Å². The number of hydrogen-bond donors (Lipinski definition) is 2. The summed E-state index contributed by atoms with van der Waals surface area (Å²) in [4.78, 5) is 24.9. The highest BCUT2D eigenvalue weighted by atomic mass is 16.2. The van der Waals surface area contributed by atoms with Gasteiger partial charge in [-0.3, -0.25) is 9.78 Å². The number of nitrogens with one attached hydrogen (secondary N) is 2. The molecule has 0 radical (unpaired) electrons. The molecule has 0 saturated carbocycles. The van der Waals surface area contributed by atoms with Gasteiger partial charge in [0.05, 0.1) is 10.9 Å². The van der Waals surface area contributed by atoms with Gasteiger partial charge in [-0.25, -0.2) is 9.47 Å². The van der Waals surface area contributed by atoms with Crippen molar-refractivity contribution in [1.82, 2.24) is 9.66 Å². The predicted octanol–water partition coefficient (Wildman–Crippen LogP) is -0.137. The lowest BCUT2D eigenvalue weighted by Crippen LogP contribution is -2.34. The van der Waals surface area contributed by atoms with Gasteiger partial charge in [0.15, 0.2) is 0 Å². The third-order valence-corrected chi connectivity index (χ3v) is 2.04. The summed E-state index contributed by atoms with van der Waals surface area (Å²) >= 11 is 0. The Balaban J connectivity index is 3.06. The summed E-state index contributed by atoms with van der Waals surface area (Å²) in [6, 6.07) is 6.90. The van der Waals surface area contributed by atoms with E-state index in [1.807, 2.05) is 0 Å². The van der Waals surface area contributed by atoms with E-state index < -0.39 is 5.69 Å². The molecule has 5 heteroatoms. The zero-order valence-electron chi connectivity index (χ0n) is 7.57. The van der Waals surface area contributed by atoms with Crippen LogP contribution in [0.2, 0.25) is 0 Å². The van der Waals surface area contributed by atoms with Crippen molar-refractivity contribution in [2.24, 2.45) is 0 Å². The highest BCUT2D eigenvalue weighted by Gasteiger charge is 2.03. The second-order valence-corrected chi connectivity index (χ2v) is 2.84. The van der Waals surface area contributed by atoms with Crippen LogP contribution in [-0.2, 0) is 0 Å². The molecule has 0 saturated heterocycles. The monoisotopic (exact) mass is 191 g/mol. The second kappa shape index (κ2) is 3.02. The molecule has 0 unspecified atom stereocenters. The number of para-hydroxylation sites is 1. The molecule has 14 heavy (non-hydrogen) atoms. The third kappa shape index (κ3) is 1.10. The van der Waals surface area contributed by atoms with E-state index in [2.05, 4.69) is 10.4 Å². The molecule has 0 aliphatic rings. The van der Waals surface area contributed by atoms with Gasteiger partial charge in [0.25, 0.3) is 5.56 Å². The lowest BCUT2D eigenvalue weighted by atomic mass is 10.2. The largest absolute Gasteiger partial charge is 0.347 e. The van der Waals surface area contributed by atoms with Crippen LogP contribution in [0.5, 0.6) is 0 Å². The highest BCUT2D eigenvalue weighted by Crippen LogP contribution is 2.04. The standard InChI is InChI=1S/C9H9N3O2/c1-10-12-7-5-3-2-4-6(7)8(13)11-9(12)14/h2-5,10H,1H3,(H,11,13,14). The Labute approximate surface area is 79.0 Å². The number of fused-ring (bicyclic) bond motifs is 1. The zero-order valence-corrected chi connectivity index (χ0v) is 7.57. The molecule has 2 aromatic rings. The van der Waals surface area contributed by atoms with Crippen molar-refractivity contribution in [3.05, 3.63) is 45.1 Å². The summed E-state index contributed by atoms with van der Waals surface area (Å²) in [7, 11) is 1.62.